The molecule has 0 saturated heterocycles. The quantitative estimate of drug-likeness (QED) is 0.853. The van der Waals surface area contributed by atoms with Gasteiger partial charge in [0.25, 0.3) is 0 Å². The van der Waals surface area contributed by atoms with E-state index in [0.717, 1.165) is 5.56 Å². The second kappa shape index (κ2) is 5.30. The average molecular weight is 223 g/mol. The van der Waals surface area contributed by atoms with Gasteiger partial charge in [-0.3, -0.25) is 4.98 Å². The number of aliphatic hydroxyl groups is 1. The fraction of sp³-hybridized carbons (Fsp3) is 0.615. The number of pyridine rings is 1. The van der Waals surface area contributed by atoms with E-state index in [1.54, 1.807) is 12.4 Å². The molecule has 1 unspecified atom stereocenters. The Morgan fingerprint density at radius 2 is 2.06 bits per heavy atom. The summed E-state index contributed by atoms with van der Waals surface area (Å²) in [5.41, 5.74) is 0.919. The number of hydrogen-bond acceptors (Lipinski definition) is 3. The Morgan fingerprint density at radius 3 is 2.62 bits per heavy atom. The van der Waals surface area contributed by atoms with E-state index in [1.807, 2.05) is 13.0 Å². The van der Waals surface area contributed by atoms with E-state index < -0.39 is 6.10 Å². The summed E-state index contributed by atoms with van der Waals surface area (Å²) in [5.74, 6) is 0.716. The van der Waals surface area contributed by atoms with Crippen molar-refractivity contribution in [1.82, 2.24) is 4.98 Å². The summed E-state index contributed by atoms with van der Waals surface area (Å²) in [7, 11) is 0. The van der Waals surface area contributed by atoms with Gasteiger partial charge in [-0.2, -0.15) is 0 Å². The average Bonchev–Trinajstić information content (AvgIpc) is 2.16. The topological polar surface area (TPSA) is 42.4 Å². The Morgan fingerprint density at radius 1 is 1.38 bits per heavy atom. The molecule has 1 atom stereocenters. The van der Waals surface area contributed by atoms with Crippen LogP contribution in [-0.4, -0.2) is 16.7 Å². The first-order valence-corrected chi connectivity index (χ1v) is 5.68. The number of ether oxygens (including phenoxy) is 1. The van der Waals surface area contributed by atoms with Crippen LogP contribution in [0.15, 0.2) is 18.5 Å². The van der Waals surface area contributed by atoms with Crippen molar-refractivity contribution >= 4 is 0 Å². The third kappa shape index (κ3) is 4.19. The molecular weight excluding hydrogens is 202 g/mol. The lowest BCUT2D eigenvalue weighted by Crippen LogP contribution is -2.12. The molecule has 1 N–H and O–H groups in total. The number of hydrogen-bond donors (Lipinski definition) is 1. The van der Waals surface area contributed by atoms with Crippen molar-refractivity contribution in [1.29, 1.82) is 0 Å². The van der Waals surface area contributed by atoms with Crippen LogP contribution in [-0.2, 0) is 0 Å². The minimum Gasteiger partial charge on any atom is -0.492 e. The molecule has 0 aliphatic heterocycles. The summed E-state index contributed by atoms with van der Waals surface area (Å²) in [6, 6.07) is 1.85. The molecule has 1 heterocycles. The summed E-state index contributed by atoms with van der Waals surface area (Å²) in [4.78, 5) is 4.07. The summed E-state index contributed by atoms with van der Waals surface area (Å²) < 4.78 is 5.35. The van der Waals surface area contributed by atoms with E-state index in [1.165, 1.54) is 0 Å². The van der Waals surface area contributed by atoms with Crippen LogP contribution in [0.2, 0.25) is 0 Å². The minimum atomic E-state index is -0.479. The van der Waals surface area contributed by atoms with Crippen molar-refractivity contribution in [3.8, 4) is 5.75 Å². The van der Waals surface area contributed by atoms with Crippen LogP contribution in [0, 0.1) is 5.41 Å². The van der Waals surface area contributed by atoms with Gasteiger partial charge in [0.2, 0.25) is 0 Å². The fourth-order valence-corrected chi connectivity index (χ4v) is 1.56. The first kappa shape index (κ1) is 13.0. The van der Waals surface area contributed by atoms with E-state index >= 15 is 0 Å². The highest BCUT2D eigenvalue weighted by atomic mass is 16.5. The molecule has 0 aliphatic rings. The minimum absolute atomic E-state index is 0.0982. The predicted octanol–water partition coefficient (Wildman–Crippen LogP) is 2.95. The van der Waals surface area contributed by atoms with Gasteiger partial charge in [-0.05, 0) is 24.8 Å². The zero-order chi connectivity index (χ0) is 12.2. The van der Waals surface area contributed by atoms with Crippen molar-refractivity contribution in [2.75, 3.05) is 6.61 Å². The van der Waals surface area contributed by atoms with Gasteiger partial charge in [-0.1, -0.05) is 20.8 Å². The SMILES string of the molecule is CCOc1cncc(C(O)CC(C)(C)C)c1. The largest absolute Gasteiger partial charge is 0.492 e. The van der Waals surface area contributed by atoms with Crippen LogP contribution in [0.5, 0.6) is 5.75 Å². The molecule has 1 aromatic rings. The van der Waals surface area contributed by atoms with E-state index in [2.05, 4.69) is 25.8 Å². The van der Waals surface area contributed by atoms with Crippen molar-refractivity contribution in [3.63, 3.8) is 0 Å². The Kier molecular flexibility index (Phi) is 4.30. The van der Waals surface area contributed by atoms with Crippen molar-refractivity contribution in [2.45, 2.75) is 40.2 Å². The van der Waals surface area contributed by atoms with Crippen LogP contribution in [0.3, 0.4) is 0 Å². The Bertz CT molecular complexity index is 331. The van der Waals surface area contributed by atoms with Gasteiger partial charge >= 0.3 is 0 Å². The molecule has 0 fully saturated rings. The molecule has 0 aliphatic carbocycles. The van der Waals surface area contributed by atoms with Crippen molar-refractivity contribution in [2.24, 2.45) is 5.41 Å². The number of rotatable bonds is 4. The molecule has 0 radical (unpaired) electrons. The predicted molar refractivity (Wildman–Crippen MR) is 64.4 cm³/mol. The van der Waals surface area contributed by atoms with E-state index in [-0.39, 0.29) is 5.41 Å². The van der Waals surface area contributed by atoms with Gasteiger partial charge in [-0.15, -0.1) is 0 Å². The lowest BCUT2D eigenvalue weighted by atomic mass is 9.87. The van der Waals surface area contributed by atoms with Crippen LogP contribution in [0.25, 0.3) is 0 Å². The molecule has 0 spiro atoms. The van der Waals surface area contributed by atoms with Gasteiger partial charge in [0.15, 0.2) is 0 Å². The maximum atomic E-state index is 10.1. The third-order valence-corrected chi connectivity index (χ3v) is 2.24. The molecular formula is C13H21NO2. The van der Waals surface area contributed by atoms with Gasteiger partial charge in [-0.25, -0.2) is 0 Å². The normalized spacial score (nSPS) is 13.6. The van der Waals surface area contributed by atoms with Crippen LogP contribution >= 0.6 is 0 Å². The Labute approximate surface area is 97.5 Å². The molecule has 3 nitrogen and oxygen atoms in total. The Balaban J connectivity index is 2.75. The van der Waals surface area contributed by atoms with Gasteiger partial charge in [0.05, 0.1) is 18.9 Å². The highest BCUT2D eigenvalue weighted by molar-refractivity contribution is 5.25. The summed E-state index contributed by atoms with van der Waals surface area (Å²) in [5, 5.41) is 10.1. The first-order valence-electron chi connectivity index (χ1n) is 5.68. The van der Waals surface area contributed by atoms with E-state index in [9.17, 15) is 5.11 Å². The molecule has 0 saturated carbocycles. The Hall–Kier alpha value is -1.09. The smallest absolute Gasteiger partial charge is 0.137 e. The van der Waals surface area contributed by atoms with Crippen molar-refractivity contribution < 1.29 is 9.84 Å². The molecule has 0 aromatic carbocycles. The molecule has 0 amide bonds. The highest BCUT2D eigenvalue weighted by Crippen LogP contribution is 2.29. The number of nitrogens with zero attached hydrogens (tertiary/aromatic N) is 1. The number of aliphatic hydroxyl groups excluding tert-OH is 1. The second-order valence-electron chi connectivity index (χ2n) is 5.17. The molecule has 0 bridgehead atoms. The van der Waals surface area contributed by atoms with Gasteiger partial charge in [0.1, 0.15) is 5.75 Å². The summed E-state index contributed by atoms with van der Waals surface area (Å²) >= 11 is 0. The maximum absolute atomic E-state index is 10.1. The van der Waals surface area contributed by atoms with Gasteiger partial charge < -0.3 is 9.84 Å². The molecule has 16 heavy (non-hydrogen) atoms. The molecule has 1 rings (SSSR count). The van der Waals surface area contributed by atoms with Gasteiger partial charge in [0, 0.05) is 11.8 Å². The zero-order valence-corrected chi connectivity index (χ0v) is 10.5. The monoisotopic (exact) mass is 223 g/mol. The van der Waals surface area contributed by atoms with Crippen molar-refractivity contribution in [3.05, 3.63) is 24.0 Å². The van der Waals surface area contributed by atoms with Crippen LogP contribution in [0.4, 0.5) is 0 Å². The fourth-order valence-electron chi connectivity index (χ4n) is 1.56. The molecule has 1 aromatic heterocycles. The maximum Gasteiger partial charge on any atom is 0.137 e. The standard InChI is InChI=1S/C13H21NO2/c1-5-16-11-6-10(8-14-9-11)12(15)7-13(2,3)4/h6,8-9,12,15H,5,7H2,1-4H3. The summed E-state index contributed by atoms with van der Waals surface area (Å²) in [6.45, 7) is 8.86. The first-order chi connectivity index (χ1) is 7.42. The lowest BCUT2D eigenvalue weighted by molar-refractivity contribution is 0.121. The number of aromatic nitrogens is 1. The lowest BCUT2D eigenvalue weighted by Gasteiger charge is -2.22. The van der Waals surface area contributed by atoms with E-state index in [0.29, 0.717) is 18.8 Å². The summed E-state index contributed by atoms with van der Waals surface area (Å²) in [6.07, 6.45) is 3.59. The molecule has 90 valence electrons. The third-order valence-electron chi connectivity index (χ3n) is 2.24. The molecule has 3 heteroatoms. The highest BCUT2D eigenvalue weighted by Gasteiger charge is 2.18. The second-order valence-corrected chi connectivity index (χ2v) is 5.17. The van der Waals surface area contributed by atoms with Crippen LogP contribution < -0.4 is 4.74 Å². The van der Waals surface area contributed by atoms with E-state index in [4.69, 9.17) is 4.74 Å². The zero-order valence-electron chi connectivity index (χ0n) is 10.5. The van der Waals surface area contributed by atoms with Crippen LogP contribution in [0.1, 0.15) is 45.8 Å².